The number of likely N-dealkylation sites (N-methyl/N-ethyl adjacent to an activating group) is 1. The molecule has 2 aromatic heterocycles. The van der Waals surface area contributed by atoms with E-state index in [2.05, 4.69) is 20.3 Å². The molecule has 0 bridgehead atoms. The van der Waals surface area contributed by atoms with Gasteiger partial charge >= 0.3 is 0 Å². The van der Waals surface area contributed by atoms with Crippen LogP contribution in [0.4, 0.5) is 0 Å². The normalized spacial score (nSPS) is 12.0. The summed E-state index contributed by atoms with van der Waals surface area (Å²) in [6.07, 6.45) is 3.68. The van der Waals surface area contributed by atoms with E-state index in [1.807, 2.05) is 74.9 Å². The van der Waals surface area contributed by atoms with Crippen LogP contribution in [0.3, 0.4) is 0 Å². The molecule has 4 rings (SSSR count). The van der Waals surface area contributed by atoms with Crippen LogP contribution in [0.2, 0.25) is 0 Å². The van der Waals surface area contributed by atoms with Crippen LogP contribution in [0, 0.1) is 0 Å². The van der Waals surface area contributed by atoms with Gasteiger partial charge in [0.15, 0.2) is 0 Å². The number of aromatic nitrogens is 3. The Bertz CT molecular complexity index is 1170. The van der Waals surface area contributed by atoms with Crippen molar-refractivity contribution in [3.63, 3.8) is 0 Å². The summed E-state index contributed by atoms with van der Waals surface area (Å²) in [5, 5.41) is 9.97. The van der Waals surface area contributed by atoms with E-state index in [-0.39, 0.29) is 11.9 Å². The van der Waals surface area contributed by atoms with Crippen molar-refractivity contribution in [1.29, 1.82) is 0 Å². The number of carbonyl (C=O) groups excluding carboxylic acids is 1. The quantitative estimate of drug-likeness (QED) is 0.441. The summed E-state index contributed by atoms with van der Waals surface area (Å²) in [4.78, 5) is 19.4. The molecule has 1 unspecified atom stereocenters. The topological polar surface area (TPSA) is 72.3 Å². The minimum absolute atomic E-state index is 0.0343. The highest BCUT2D eigenvalue weighted by molar-refractivity contribution is 7.13. The molecule has 1 atom stereocenters. The van der Waals surface area contributed by atoms with Crippen molar-refractivity contribution in [2.75, 3.05) is 27.7 Å². The van der Waals surface area contributed by atoms with Crippen LogP contribution in [0.5, 0.6) is 5.75 Å². The van der Waals surface area contributed by atoms with E-state index in [1.165, 1.54) is 11.3 Å². The van der Waals surface area contributed by atoms with Gasteiger partial charge in [-0.1, -0.05) is 30.3 Å². The van der Waals surface area contributed by atoms with Crippen LogP contribution in [0.1, 0.15) is 22.1 Å². The number of nitrogens with one attached hydrogen (secondary N) is 1. The third-order valence-corrected chi connectivity index (χ3v) is 6.06. The molecule has 164 valence electrons. The van der Waals surface area contributed by atoms with Crippen LogP contribution >= 0.6 is 11.3 Å². The van der Waals surface area contributed by atoms with Gasteiger partial charge in [0.25, 0.3) is 5.91 Å². The molecule has 0 saturated heterocycles. The highest BCUT2D eigenvalue weighted by atomic mass is 32.1. The monoisotopic (exact) mass is 447 g/mol. The number of ether oxygens (including phenoxy) is 1. The molecule has 0 radical (unpaired) electrons. The maximum Gasteiger partial charge on any atom is 0.270 e. The lowest BCUT2D eigenvalue weighted by Crippen LogP contribution is -2.34. The van der Waals surface area contributed by atoms with E-state index < -0.39 is 0 Å². The summed E-state index contributed by atoms with van der Waals surface area (Å²) in [5.41, 5.74) is 3.36. The predicted octanol–water partition coefficient (Wildman–Crippen LogP) is 4.04. The zero-order valence-corrected chi connectivity index (χ0v) is 19.0. The minimum atomic E-state index is -0.191. The largest absolute Gasteiger partial charge is 0.497 e. The van der Waals surface area contributed by atoms with Gasteiger partial charge in [-0.25, -0.2) is 9.67 Å². The fraction of sp³-hybridized carbons (Fsp3) is 0.208. The van der Waals surface area contributed by atoms with Crippen molar-refractivity contribution >= 4 is 17.2 Å². The molecule has 8 heteroatoms. The number of rotatable bonds is 8. The van der Waals surface area contributed by atoms with Crippen LogP contribution in [-0.4, -0.2) is 53.3 Å². The molecular formula is C24H25N5O2S. The Balaban J connectivity index is 1.42. The van der Waals surface area contributed by atoms with Crippen LogP contribution in [0.25, 0.3) is 16.3 Å². The molecule has 7 nitrogen and oxygen atoms in total. The Hall–Kier alpha value is -3.49. The summed E-state index contributed by atoms with van der Waals surface area (Å²) >= 11 is 1.43. The summed E-state index contributed by atoms with van der Waals surface area (Å²) < 4.78 is 7.03. The van der Waals surface area contributed by atoms with Gasteiger partial charge in [0, 0.05) is 23.7 Å². The molecule has 0 spiro atoms. The Labute approximate surface area is 191 Å². The predicted molar refractivity (Wildman–Crippen MR) is 126 cm³/mol. The number of para-hydroxylation sites is 1. The minimum Gasteiger partial charge on any atom is -0.497 e. The zero-order chi connectivity index (χ0) is 22.5. The van der Waals surface area contributed by atoms with Crippen molar-refractivity contribution in [3.8, 4) is 22.0 Å². The number of hydrogen-bond donors (Lipinski definition) is 1. The lowest BCUT2D eigenvalue weighted by molar-refractivity contribution is 0.0937. The molecule has 32 heavy (non-hydrogen) atoms. The molecule has 1 amide bonds. The van der Waals surface area contributed by atoms with Crippen molar-refractivity contribution in [2.24, 2.45) is 0 Å². The molecule has 2 aromatic carbocycles. The molecule has 4 aromatic rings. The molecule has 1 N–H and O–H groups in total. The summed E-state index contributed by atoms with van der Waals surface area (Å²) in [6.45, 7) is 0.469. The van der Waals surface area contributed by atoms with E-state index >= 15 is 0 Å². The van der Waals surface area contributed by atoms with E-state index in [0.29, 0.717) is 12.2 Å². The van der Waals surface area contributed by atoms with Gasteiger partial charge in [-0.2, -0.15) is 5.10 Å². The fourth-order valence-corrected chi connectivity index (χ4v) is 4.15. The number of carbonyl (C=O) groups is 1. The van der Waals surface area contributed by atoms with Crippen LogP contribution < -0.4 is 10.1 Å². The van der Waals surface area contributed by atoms with Gasteiger partial charge in [0.1, 0.15) is 16.5 Å². The van der Waals surface area contributed by atoms with E-state index in [0.717, 1.165) is 27.6 Å². The van der Waals surface area contributed by atoms with Gasteiger partial charge in [-0.3, -0.25) is 4.79 Å². The Kier molecular flexibility index (Phi) is 6.63. The maximum atomic E-state index is 12.7. The summed E-state index contributed by atoms with van der Waals surface area (Å²) in [7, 11) is 5.63. The first-order chi connectivity index (χ1) is 15.5. The molecular weight excluding hydrogens is 422 g/mol. The average molecular weight is 448 g/mol. The SMILES string of the molecule is COc1ccc(C(CNC(=O)c2csc(-c3cnn(-c4ccccc4)c3)n2)N(C)C)cc1. The molecule has 0 aliphatic rings. The van der Waals surface area contributed by atoms with Crippen molar-refractivity contribution in [2.45, 2.75) is 6.04 Å². The van der Waals surface area contributed by atoms with Crippen molar-refractivity contribution in [1.82, 2.24) is 25.0 Å². The second kappa shape index (κ2) is 9.76. The number of thiazole rings is 1. The summed E-state index contributed by atoms with van der Waals surface area (Å²) in [5.74, 6) is 0.615. The third-order valence-electron chi connectivity index (χ3n) is 5.17. The van der Waals surface area contributed by atoms with E-state index in [9.17, 15) is 4.79 Å². The Morgan fingerprint density at radius 2 is 1.91 bits per heavy atom. The number of nitrogens with zero attached hydrogens (tertiary/aromatic N) is 4. The molecule has 0 fully saturated rings. The van der Waals surface area contributed by atoms with Crippen molar-refractivity contribution in [3.05, 3.63) is 83.6 Å². The second-order valence-electron chi connectivity index (χ2n) is 7.51. The lowest BCUT2D eigenvalue weighted by Gasteiger charge is -2.25. The van der Waals surface area contributed by atoms with Gasteiger partial charge in [0.2, 0.25) is 0 Å². The molecule has 0 aliphatic carbocycles. The Morgan fingerprint density at radius 1 is 1.16 bits per heavy atom. The second-order valence-corrected chi connectivity index (χ2v) is 8.37. The first kappa shape index (κ1) is 21.7. The van der Waals surface area contributed by atoms with Gasteiger partial charge in [-0.05, 0) is 43.9 Å². The van der Waals surface area contributed by atoms with Crippen LogP contribution in [-0.2, 0) is 0 Å². The summed E-state index contributed by atoms with van der Waals surface area (Å²) in [6, 6.07) is 17.8. The fourth-order valence-electron chi connectivity index (χ4n) is 3.37. The van der Waals surface area contributed by atoms with Crippen LogP contribution in [0.15, 0.2) is 72.4 Å². The van der Waals surface area contributed by atoms with Gasteiger partial charge in [0.05, 0.1) is 25.0 Å². The smallest absolute Gasteiger partial charge is 0.270 e. The van der Waals surface area contributed by atoms with Gasteiger partial charge < -0.3 is 15.0 Å². The van der Waals surface area contributed by atoms with E-state index in [1.54, 1.807) is 23.4 Å². The number of methoxy groups -OCH3 is 1. The highest BCUT2D eigenvalue weighted by Crippen LogP contribution is 2.25. The Morgan fingerprint density at radius 3 is 2.59 bits per heavy atom. The number of hydrogen-bond acceptors (Lipinski definition) is 6. The van der Waals surface area contributed by atoms with Gasteiger partial charge in [-0.15, -0.1) is 11.3 Å². The zero-order valence-electron chi connectivity index (χ0n) is 18.2. The third kappa shape index (κ3) is 4.87. The standard InChI is InChI=1S/C24H25N5O2S/c1-28(2)22(17-9-11-20(31-3)12-10-17)14-25-23(30)21-16-32-24(27-21)18-13-26-29(15-18)19-7-5-4-6-8-19/h4-13,15-16,22H,14H2,1-3H3,(H,25,30). The molecule has 2 heterocycles. The first-order valence-electron chi connectivity index (χ1n) is 10.2. The first-order valence-corrected chi connectivity index (χ1v) is 11.1. The number of amides is 1. The van der Waals surface area contributed by atoms with Crippen molar-refractivity contribution < 1.29 is 9.53 Å². The molecule has 0 aliphatic heterocycles. The average Bonchev–Trinajstić information content (AvgIpc) is 3.50. The molecule has 0 saturated carbocycles. The lowest BCUT2D eigenvalue weighted by atomic mass is 10.1. The number of benzene rings is 2. The highest BCUT2D eigenvalue weighted by Gasteiger charge is 2.18. The maximum absolute atomic E-state index is 12.7. The van der Waals surface area contributed by atoms with E-state index in [4.69, 9.17) is 4.74 Å².